The molecule has 0 saturated heterocycles. The highest BCUT2D eigenvalue weighted by atomic mass is 32.1. The van der Waals surface area contributed by atoms with E-state index in [2.05, 4.69) is 5.32 Å². The van der Waals surface area contributed by atoms with Crippen LogP contribution in [0.15, 0.2) is 53.9 Å². The highest BCUT2D eigenvalue weighted by Gasteiger charge is 2.18. The van der Waals surface area contributed by atoms with E-state index in [1.165, 1.54) is 24.3 Å². The van der Waals surface area contributed by atoms with Gasteiger partial charge in [-0.15, -0.1) is 11.3 Å². The van der Waals surface area contributed by atoms with Crippen LogP contribution >= 0.6 is 11.3 Å². The minimum Gasteiger partial charge on any atom is -0.497 e. The molecule has 0 spiro atoms. The zero-order chi connectivity index (χ0) is 20.8. The van der Waals surface area contributed by atoms with E-state index in [9.17, 15) is 9.59 Å². The van der Waals surface area contributed by atoms with Gasteiger partial charge in [-0.3, -0.25) is 4.79 Å². The molecule has 0 aliphatic rings. The first-order valence-electron chi connectivity index (χ1n) is 8.75. The van der Waals surface area contributed by atoms with Crippen LogP contribution < -0.4 is 10.1 Å². The smallest absolute Gasteiger partial charge is 0.331 e. The molecule has 0 unspecified atom stereocenters. The maximum atomic E-state index is 12.2. The lowest BCUT2D eigenvalue weighted by Gasteiger charge is -2.11. The summed E-state index contributed by atoms with van der Waals surface area (Å²) in [6.07, 6.45) is 1.91. The van der Waals surface area contributed by atoms with Crippen LogP contribution in [0.1, 0.15) is 18.1 Å². The molecule has 7 heteroatoms. The Labute approximate surface area is 172 Å². The van der Waals surface area contributed by atoms with Gasteiger partial charge in [0.15, 0.2) is 6.10 Å². The molecule has 2 aromatic carbocycles. The second kappa shape index (κ2) is 9.04. The second-order valence-electron chi connectivity index (χ2n) is 6.15. The van der Waals surface area contributed by atoms with E-state index in [-0.39, 0.29) is 0 Å². The average Bonchev–Trinajstić information content (AvgIpc) is 3.18. The van der Waals surface area contributed by atoms with E-state index in [1.54, 1.807) is 24.6 Å². The molecular weight excluding hydrogens is 388 g/mol. The van der Waals surface area contributed by atoms with Crippen LogP contribution in [-0.2, 0) is 14.3 Å². The van der Waals surface area contributed by atoms with Crippen LogP contribution in [0.25, 0.3) is 16.8 Å². The first-order valence-corrected chi connectivity index (χ1v) is 9.63. The molecule has 0 radical (unpaired) electrons. The van der Waals surface area contributed by atoms with E-state index in [4.69, 9.17) is 14.7 Å². The molecule has 0 saturated carbocycles. The Hall–Kier alpha value is -3.63. The number of fused-ring (bicyclic) bond motifs is 1. The number of methoxy groups -OCH3 is 1. The molecule has 0 aliphatic heterocycles. The van der Waals surface area contributed by atoms with Gasteiger partial charge in [-0.2, -0.15) is 5.26 Å². The lowest BCUT2D eigenvalue weighted by atomic mass is 10.1. The molecule has 1 atom stereocenters. The molecule has 1 N–H and O–H groups in total. The van der Waals surface area contributed by atoms with Gasteiger partial charge in [0.2, 0.25) is 0 Å². The molecule has 1 amide bonds. The zero-order valence-electron chi connectivity index (χ0n) is 15.8. The van der Waals surface area contributed by atoms with Crippen molar-refractivity contribution in [2.75, 3.05) is 12.4 Å². The normalized spacial score (nSPS) is 11.8. The van der Waals surface area contributed by atoms with Crippen LogP contribution in [0.2, 0.25) is 0 Å². The minimum atomic E-state index is -0.995. The van der Waals surface area contributed by atoms with Gasteiger partial charge < -0.3 is 14.8 Å². The standard InChI is InChI=1S/C22H18N2O4S/c1-14(21(26)24-22-18(13-23)9-10-29-22)28-20(25)8-4-15-3-5-17-12-19(27-2)7-6-16(17)11-15/h3-12,14H,1-2H3,(H,24,26)/b8-4+/t14-/m0/s1. The number of carbonyl (C=O) groups is 2. The lowest BCUT2D eigenvalue weighted by molar-refractivity contribution is -0.148. The topological polar surface area (TPSA) is 88.4 Å². The Morgan fingerprint density at radius 1 is 1.17 bits per heavy atom. The van der Waals surface area contributed by atoms with Gasteiger partial charge in [-0.05, 0) is 59.0 Å². The monoisotopic (exact) mass is 406 g/mol. The molecule has 0 bridgehead atoms. The van der Waals surface area contributed by atoms with E-state index < -0.39 is 18.0 Å². The van der Waals surface area contributed by atoms with Gasteiger partial charge in [-0.25, -0.2) is 4.79 Å². The van der Waals surface area contributed by atoms with Crippen LogP contribution in [0.3, 0.4) is 0 Å². The Morgan fingerprint density at radius 2 is 1.93 bits per heavy atom. The fourth-order valence-corrected chi connectivity index (χ4v) is 3.35. The number of thiophene rings is 1. The summed E-state index contributed by atoms with van der Waals surface area (Å²) in [6.45, 7) is 1.48. The van der Waals surface area contributed by atoms with Crippen molar-refractivity contribution in [3.8, 4) is 11.8 Å². The van der Waals surface area contributed by atoms with Gasteiger partial charge >= 0.3 is 5.97 Å². The Morgan fingerprint density at radius 3 is 2.69 bits per heavy atom. The number of benzene rings is 2. The summed E-state index contributed by atoms with van der Waals surface area (Å²) in [7, 11) is 1.62. The highest BCUT2D eigenvalue weighted by molar-refractivity contribution is 7.14. The molecule has 6 nitrogen and oxygen atoms in total. The van der Waals surface area contributed by atoms with Gasteiger partial charge in [0, 0.05) is 6.08 Å². The van der Waals surface area contributed by atoms with Crippen molar-refractivity contribution < 1.29 is 19.1 Å². The van der Waals surface area contributed by atoms with Crippen LogP contribution in [0.5, 0.6) is 5.75 Å². The summed E-state index contributed by atoms with van der Waals surface area (Å²) in [4.78, 5) is 24.2. The molecule has 3 rings (SSSR count). The maximum absolute atomic E-state index is 12.2. The van der Waals surface area contributed by atoms with Crippen molar-refractivity contribution in [2.24, 2.45) is 0 Å². The van der Waals surface area contributed by atoms with Crippen molar-refractivity contribution in [1.29, 1.82) is 5.26 Å². The van der Waals surface area contributed by atoms with Gasteiger partial charge in [-0.1, -0.05) is 18.2 Å². The fraction of sp³-hybridized carbons (Fsp3) is 0.136. The lowest BCUT2D eigenvalue weighted by Crippen LogP contribution is -2.29. The molecule has 1 aromatic heterocycles. The maximum Gasteiger partial charge on any atom is 0.331 e. The molecule has 0 aliphatic carbocycles. The highest BCUT2D eigenvalue weighted by Crippen LogP contribution is 2.23. The number of esters is 1. The number of amides is 1. The Bertz CT molecular complexity index is 1130. The zero-order valence-corrected chi connectivity index (χ0v) is 16.7. The van der Waals surface area contributed by atoms with Crippen molar-refractivity contribution in [2.45, 2.75) is 13.0 Å². The molecule has 3 aromatic rings. The predicted octanol–water partition coefficient (Wildman–Crippen LogP) is 4.37. The fourth-order valence-electron chi connectivity index (χ4n) is 2.61. The summed E-state index contributed by atoms with van der Waals surface area (Å²) in [5.41, 5.74) is 1.20. The third-order valence-corrected chi connectivity index (χ3v) is 5.00. The number of hydrogen-bond acceptors (Lipinski definition) is 6. The number of nitrogens with zero attached hydrogens (tertiary/aromatic N) is 1. The summed E-state index contributed by atoms with van der Waals surface area (Å²) < 4.78 is 10.4. The number of hydrogen-bond donors (Lipinski definition) is 1. The second-order valence-corrected chi connectivity index (χ2v) is 7.07. The number of nitrogens with one attached hydrogen (secondary N) is 1. The van der Waals surface area contributed by atoms with Crippen LogP contribution in [0, 0.1) is 11.3 Å². The van der Waals surface area contributed by atoms with Gasteiger partial charge in [0.1, 0.15) is 16.8 Å². The summed E-state index contributed by atoms with van der Waals surface area (Å²) >= 11 is 1.23. The van der Waals surface area contributed by atoms with E-state index in [1.807, 2.05) is 42.5 Å². The number of anilines is 1. The van der Waals surface area contributed by atoms with E-state index in [0.29, 0.717) is 10.6 Å². The third kappa shape index (κ3) is 5.00. The van der Waals surface area contributed by atoms with Gasteiger partial charge in [0.05, 0.1) is 12.7 Å². The molecule has 29 heavy (non-hydrogen) atoms. The first kappa shape index (κ1) is 20.1. The van der Waals surface area contributed by atoms with Crippen LogP contribution in [0.4, 0.5) is 5.00 Å². The summed E-state index contributed by atoms with van der Waals surface area (Å²) in [6, 6.07) is 15.1. The van der Waals surface area contributed by atoms with Crippen molar-refractivity contribution >= 4 is 45.1 Å². The van der Waals surface area contributed by atoms with Crippen molar-refractivity contribution in [3.63, 3.8) is 0 Å². The molecule has 1 heterocycles. The predicted molar refractivity (Wildman–Crippen MR) is 113 cm³/mol. The van der Waals surface area contributed by atoms with Crippen molar-refractivity contribution in [1.82, 2.24) is 0 Å². The van der Waals surface area contributed by atoms with Crippen molar-refractivity contribution in [3.05, 3.63) is 65.0 Å². The Kier molecular flexibility index (Phi) is 6.27. The summed E-state index contributed by atoms with van der Waals surface area (Å²) in [5.74, 6) is -0.347. The first-order chi connectivity index (χ1) is 14.0. The number of rotatable bonds is 6. The third-order valence-electron chi connectivity index (χ3n) is 4.17. The average molecular weight is 406 g/mol. The Balaban J connectivity index is 1.60. The SMILES string of the molecule is COc1ccc2cc(/C=C/C(=O)O[C@@H](C)C(=O)Nc3sccc3C#N)ccc2c1. The summed E-state index contributed by atoms with van der Waals surface area (Å²) in [5, 5.41) is 15.8. The van der Waals surface area contributed by atoms with Gasteiger partial charge in [0.25, 0.3) is 5.91 Å². The number of nitriles is 1. The van der Waals surface area contributed by atoms with E-state index >= 15 is 0 Å². The molecule has 146 valence electrons. The van der Waals surface area contributed by atoms with E-state index in [0.717, 1.165) is 22.1 Å². The largest absolute Gasteiger partial charge is 0.497 e. The number of ether oxygens (including phenoxy) is 2. The molecular formula is C22H18N2O4S. The molecule has 0 fully saturated rings. The van der Waals surface area contributed by atoms with Crippen LogP contribution in [-0.4, -0.2) is 25.1 Å². The minimum absolute atomic E-state index is 0.371. The quantitative estimate of drug-likeness (QED) is 0.485. The number of carbonyl (C=O) groups excluding carboxylic acids is 2.